The van der Waals surface area contributed by atoms with Gasteiger partial charge >= 0.3 is 5.97 Å². The maximum absolute atomic E-state index is 11.1. The first-order chi connectivity index (χ1) is 9.15. The highest BCUT2D eigenvalue weighted by Crippen LogP contribution is 2.25. The second-order valence-corrected chi connectivity index (χ2v) is 5.11. The Morgan fingerprint density at radius 3 is 2.74 bits per heavy atom. The van der Waals surface area contributed by atoms with Crippen LogP contribution in [-0.4, -0.2) is 23.2 Å². The normalized spacial score (nSPS) is 10.4. The summed E-state index contributed by atoms with van der Waals surface area (Å²) in [6, 6.07) is 7.70. The van der Waals surface area contributed by atoms with Crippen molar-refractivity contribution in [3.63, 3.8) is 0 Å². The summed E-state index contributed by atoms with van der Waals surface area (Å²) in [6.07, 6.45) is 1.22. The first-order valence-corrected chi connectivity index (χ1v) is 6.81. The van der Waals surface area contributed by atoms with Gasteiger partial charge in [-0.1, -0.05) is 25.1 Å². The molecular weight excluding hydrogens is 262 g/mol. The summed E-state index contributed by atoms with van der Waals surface area (Å²) in [5.74, 6) is -0.103. The number of hydrogen-bond acceptors (Lipinski definition) is 4. The SMILES string of the molecule is CCc1nc(Cc2ccccc2OC)sc1C(=O)O. The number of thiazole rings is 1. The van der Waals surface area contributed by atoms with E-state index in [4.69, 9.17) is 9.84 Å². The highest BCUT2D eigenvalue weighted by Gasteiger charge is 2.16. The number of hydrogen-bond donors (Lipinski definition) is 1. The molecule has 0 aliphatic carbocycles. The maximum Gasteiger partial charge on any atom is 0.347 e. The van der Waals surface area contributed by atoms with Crippen molar-refractivity contribution >= 4 is 17.3 Å². The number of carbonyl (C=O) groups is 1. The van der Waals surface area contributed by atoms with Gasteiger partial charge in [-0.15, -0.1) is 11.3 Å². The van der Waals surface area contributed by atoms with Gasteiger partial charge in [0.15, 0.2) is 0 Å². The van der Waals surface area contributed by atoms with Crippen LogP contribution >= 0.6 is 11.3 Å². The average molecular weight is 277 g/mol. The van der Waals surface area contributed by atoms with E-state index >= 15 is 0 Å². The molecule has 19 heavy (non-hydrogen) atoms. The van der Waals surface area contributed by atoms with Crippen LogP contribution in [-0.2, 0) is 12.8 Å². The Balaban J connectivity index is 2.31. The average Bonchev–Trinajstić information content (AvgIpc) is 2.82. The van der Waals surface area contributed by atoms with E-state index < -0.39 is 5.97 Å². The quantitative estimate of drug-likeness (QED) is 0.912. The number of aromatic carboxylic acids is 1. The molecule has 1 heterocycles. The Bertz CT molecular complexity index is 592. The van der Waals surface area contributed by atoms with E-state index in [1.54, 1.807) is 7.11 Å². The van der Waals surface area contributed by atoms with Crippen LogP contribution in [0.1, 0.15) is 32.9 Å². The zero-order valence-corrected chi connectivity index (χ0v) is 11.7. The molecule has 0 fully saturated rings. The number of nitrogens with zero attached hydrogens (tertiary/aromatic N) is 1. The van der Waals surface area contributed by atoms with Crippen molar-refractivity contribution in [3.05, 3.63) is 45.4 Å². The summed E-state index contributed by atoms with van der Waals surface area (Å²) in [6.45, 7) is 1.91. The van der Waals surface area contributed by atoms with Crippen molar-refractivity contribution < 1.29 is 14.6 Å². The first-order valence-electron chi connectivity index (χ1n) is 5.99. The molecule has 0 aliphatic rings. The van der Waals surface area contributed by atoms with Crippen LogP contribution in [0.4, 0.5) is 0 Å². The number of ether oxygens (including phenoxy) is 1. The summed E-state index contributed by atoms with van der Waals surface area (Å²) in [5, 5.41) is 9.93. The van der Waals surface area contributed by atoms with E-state index in [0.29, 0.717) is 23.4 Å². The fraction of sp³-hybridized carbons (Fsp3) is 0.286. The minimum Gasteiger partial charge on any atom is -0.496 e. The highest BCUT2D eigenvalue weighted by atomic mass is 32.1. The molecule has 2 rings (SSSR count). The van der Waals surface area contributed by atoms with Crippen LogP contribution in [0, 0.1) is 0 Å². The Labute approximate surface area is 115 Å². The third-order valence-corrected chi connectivity index (χ3v) is 3.89. The summed E-state index contributed by atoms with van der Waals surface area (Å²) >= 11 is 1.24. The standard InChI is InChI=1S/C14H15NO3S/c1-3-10-13(14(16)17)19-12(15-10)8-9-6-4-5-7-11(9)18-2/h4-7H,3,8H2,1-2H3,(H,16,17). The highest BCUT2D eigenvalue weighted by molar-refractivity contribution is 7.13. The van der Waals surface area contributed by atoms with E-state index in [1.165, 1.54) is 11.3 Å². The predicted octanol–water partition coefficient (Wildman–Crippen LogP) is 3.00. The van der Waals surface area contributed by atoms with Gasteiger partial charge in [0, 0.05) is 12.0 Å². The molecule has 0 saturated heterocycles. The molecule has 1 aromatic heterocycles. The number of aryl methyl sites for hydroxylation is 1. The van der Waals surface area contributed by atoms with Crippen LogP contribution < -0.4 is 4.74 Å². The number of aromatic nitrogens is 1. The van der Waals surface area contributed by atoms with Gasteiger partial charge in [-0.3, -0.25) is 0 Å². The second-order valence-electron chi connectivity index (χ2n) is 4.03. The third kappa shape index (κ3) is 2.93. The molecule has 0 amide bonds. The lowest BCUT2D eigenvalue weighted by atomic mass is 10.1. The first kappa shape index (κ1) is 13.5. The molecular formula is C14H15NO3S. The van der Waals surface area contributed by atoms with Gasteiger partial charge < -0.3 is 9.84 Å². The van der Waals surface area contributed by atoms with E-state index in [-0.39, 0.29) is 0 Å². The minimum atomic E-state index is -0.902. The second kappa shape index (κ2) is 5.84. The van der Waals surface area contributed by atoms with Crippen LogP contribution in [0.5, 0.6) is 5.75 Å². The molecule has 0 saturated carbocycles. The molecule has 0 unspecified atom stereocenters. The van der Waals surface area contributed by atoms with Crippen molar-refractivity contribution in [2.45, 2.75) is 19.8 Å². The predicted molar refractivity (Wildman–Crippen MR) is 74.3 cm³/mol. The molecule has 0 atom stereocenters. The van der Waals surface area contributed by atoms with Crippen molar-refractivity contribution in [1.29, 1.82) is 0 Å². The Kier molecular flexibility index (Phi) is 4.16. The summed E-state index contributed by atoms with van der Waals surface area (Å²) < 4.78 is 5.29. The lowest BCUT2D eigenvalue weighted by Gasteiger charge is -2.05. The number of rotatable bonds is 5. The topological polar surface area (TPSA) is 59.4 Å². The number of carboxylic acid groups (broad SMARTS) is 1. The van der Waals surface area contributed by atoms with E-state index in [1.807, 2.05) is 31.2 Å². The third-order valence-electron chi connectivity index (χ3n) is 2.80. The van der Waals surface area contributed by atoms with Crippen LogP contribution in [0.25, 0.3) is 0 Å². The van der Waals surface area contributed by atoms with Gasteiger partial charge in [-0.05, 0) is 12.5 Å². The molecule has 1 aromatic carbocycles. The fourth-order valence-corrected chi connectivity index (χ4v) is 2.91. The molecule has 0 spiro atoms. The molecule has 1 N–H and O–H groups in total. The van der Waals surface area contributed by atoms with Crippen molar-refractivity contribution in [1.82, 2.24) is 4.98 Å². The molecule has 100 valence electrons. The number of methoxy groups -OCH3 is 1. The lowest BCUT2D eigenvalue weighted by Crippen LogP contribution is -1.97. The van der Waals surface area contributed by atoms with Gasteiger partial charge in [-0.25, -0.2) is 9.78 Å². The van der Waals surface area contributed by atoms with Gasteiger partial charge in [0.05, 0.1) is 17.8 Å². The molecule has 2 aromatic rings. The lowest BCUT2D eigenvalue weighted by molar-refractivity contribution is 0.0701. The summed E-state index contributed by atoms with van der Waals surface area (Å²) in [5.41, 5.74) is 1.67. The summed E-state index contributed by atoms with van der Waals surface area (Å²) in [4.78, 5) is 15.9. The Morgan fingerprint density at radius 2 is 2.16 bits per heavy atom. The van der Waals surface area contributed by atoms with E-state index in [2.05, 4.69) is 4.98 Å². The number of benzene rings is 1. The molecule has 0 radical (unpaired) electrons. The summed E-state index contributed by atoms with van der Waals surface area (Å²) in [7, 11) is 1.63. The van der Waals surface area contributed by atoms with Gasteiger partial charge in [0.1, 0.15) is 10.6 Å². The number of para-hydroxylation sites is 1. The Hall–Kier alpha value is -1.88. The largest absolute Gasteiger partial charge is 0.496 e. The molecule has 0 aliphatic heterocycles. The monoisotopic (exact) mass is 277 g/mol. The van der Waals surface area contributed by atoms with Gasteiger partial charge in [-0.2, -0.15) is 0 Å². The Morgan fingerprint density at radius 1 is 1.42 bits per heavy atom. The van der Waals surface area contributed by atoms with Crippen molar-refractivity contribution in [2.75, 3.05) is 7.11 Å². The van der Waals surface area contributed by atoms with Crippen LogP contribution in [0.2, 0.25) is 0 Å². The fourth-order valence-electron chi connectivity index (χ4n) is 1.90. The molecule has 5 heteroatoms. The zero-order valence-electron chi connectivity index (χ0n) is 10.8. The van der Waals surface area contributed by atoms with E-state index in [0.717, 1.165) is 16.3 Å². The van der Waals surface area contributed by atoms with Crippen molar-refractivity contribution in [2.24, 2.45) is 0 Å². The minimum absolute atomic E-state index is 0.340. The van der Waals surface area contributed by atoms with E-state index in [9.17, 15) is 4.79 Å². The molecule has 0 bridgehead atoms. The van der Waals surface area contributed by atoms with Gasteiger partial charge in [0.2, 0.25) is 0 Å². The van der Waals surface area contributed by atoms with Gasteiger partial charge in [0.25, 0.3) is 0 Å². The molecule has 4 nitrogen and oxygen atoms in total. The van der Waals surface area contributed by atoms with Crippen LogP contribution in [0.15, 0.2) is 24.3 Å². The smallest absolute Gasteiger partial charge is 0.347 e. The maximum atomic E-state index is 11.1. The zero-order chi connectivity index (χ0) is 13.8. The van der Waals surface area contributed by atoms with Crippen LogP contribution in [0.3, 0.4) is 0 Å². The number of carboxylic acids is 1. The van der Waals surface area contributed by atoms with Crippen molar-refractivity contribution in [3.8, 4) is 5.75 Å².